The Morgan fingerprint density at radius 3 is 2.90 bits per heavy atom. The third-order valence-electron chi connectivity index (χ3n) is 2.99. The molecule has 0 bridgehead atoms. The molecular formula is C15H10BrN3O2. The number of aromatic amines is 1. The second-order valence-electron chi connectivity index (χ2n) is 4.40. The Kier molecular flexibility index (Phi) is 3.53. The van der Waals surface area contributed by atoms with Gasteiger partial charge in [0.1, 0.15) is 5.56 Å². The zero-order valence-electron chi connectivity index (χ0n) is 10.8. The summed E-state index contributed by atoms with van der Waals surface area (Å²) in [6, 6.07) is 10.7. The molecule has 2 aromatic heterocycles. The van der Waals surface area contributed by atoms with Crippen LogP contribution in [-0.2, 0) is 0 Å². The first-order valence-electron chi connectivity index (χ1n) is 6.18. The van der Waals surface area contributed by atoms with E-state index < -0.39 is 11.5 Å². The largest absolute Gasteiger partial charge is 0.327 e. The number of H-pyrrole nitrogens is 1. The lowest BCUT2D eigenvalue weighted by atomic mass is 10.2. The summed E-state index contributed by atoms with van der Waals surface area (Å²) in [5.74, 6) is -0.476. The highest BCUT2D eigenvalue weighted by Crippen LogP contribution is 2.21. The number of nitrogens with zero attached hydrogens (tertiary/aromatic N) is 1. The predicted molar refractivity (Wildman–Crippen MR) is 84.5 cm³/mol. The molecule has 0 spiro atoms. The molecule has 3 rings (SSSR count). The minimum Gasteiger partial charge on any atom is -0.327 e. The third kappa shape index (κ3) is 2.71. The molecule has 0 unspecified atom stereocenters. The number of benzene rings is 1. The summed E-state index contributed by atoms with van der Waals surface area (Å²) in [5.41, 5.74) is 0.846. The number of pyridine rings is 2. The van der Waals surface area contributed by atoms with E-state index in [1.54, 1.807) is 12.3 Å². The van der Waals surface area contributed by atoms with Crippen LogP contribution in [0, 0.1) is 0 Å². The zero-order valence-corrected chi connectivity index (χ0v) is 12.3. The van der Waals surface area contributed by atoms with Crippen LogP contribution in [0.25, 0.3) is 10.9 Å². The van der Waals surface area contributed by atoms with Crippen molar-refractivity contribution in [2.45, 2.75) is 0 Å². The highest BCUT2D eigenvalue weighted by atomic mass is 79.9. The Labute approximate surface area is 128 Å². The molecule has 1 amide bonds. The Balaban J connectivity index is 2.01. The summed E-state index contributed by atoms with van der Waals surface area (Å²) in [4.78, 5) is 30.7. The molecule has 1 aromatic carbocycles. The number of carbonyl (C=O) groups is 1. The van der Waals surface area contributed by atoms with Crippen LogP contribution in [0.4, 0.5) is 5.69 Å². The van der Waals surface area contributed by atoms with E-state index in [9.17, 15) is 9.59 Å². The van der Waals surface area contributed by atoms with Gasteiger partial charge in [-0.05, 0) is 34.1 Å². The summed E-state index contributed by atoms with van der Waals surface area (Å²) in [5, 5.41) is 3.64. The van der Waals surface area contributed by atoms with Crippen molar-refractivity contribution in [2.24, 2.45) is 0 Å². The maximum absolute atomic E-state index is 12.3. The Hall–Kier alpha value is -2.47. The topological polar surface area (TPSA) is 74.8 Å². The summed E-state index contributed by atoms with van der Waals surface area (Å²) < 4.78 is 0.628. The fourth-order valence-electron chi connectivity index (χ4n) is 2.02. The van der Waals surface area contributed by atoms with Crippen LogP contribution in [0.5, 0.6) is 0 Å². The molecule has 0 fully saturated rings. The van der Waals surface area contributed by atoms with Crippen LogP contribution in [0.2, 0.25) is 0 Å². The maximum Gasteiger partial charge on any atom is 0.261 e. The normalized spacial score (nSPS) is 10.5. The first kappa shape index (κ1) is 13.5. The lowest BCUT2D eigenvalue weighted by Gasteiger charge is -2.07. The van der Waals surface area contributed by atoms with Crippen LogP contribution >= 0.6 is 15.9 Å². The number of anilines is 1. The molecular weight excluding hydrogens is 334 g/mol. The number of fused-ring (bicyclic) bond motifs is 1. The fourth-order valence-corrected chi connectivity index (χ4v) is 2.36. The van der Waals surface area contributed by atoms with Crippen molar-refractivity contribution in [3.63, 3.8) is 0 Å². The third-order valence-corrected chi connectivity index (χ3v) is 3.45. The minimum atomic E-state index is -0.476. The van der Waals surface area contributed by atoms with Gasteiger partial charge in [-0.25, -0.2) is 0 Å². The van der Waals surface area contributed by atoms with Gasteiger partial charge in [0.05, 0.1) is 11.2 Å². The number of hydrogen-bond acceptors (Lipinski definition) is 3. The van der Waals surface area contributed by atoms with E-state index in [4.69, 9.17) is 0 Å². The minimum absolute atomic E-state index is 0.0392. The van der Waals surface area contributed by atoms with Crippen LogP contribution in [-0.4, -0.2) is 15.9 Å². The van der Waals surface area contributed by atoms with E-state index in [-0.39, 0.29) is 5.56 Å². The monoisotopic (exact) mass is 343 g/mol. The quantitative estimate of drug-likeness (QED) is 0.751. The predicted octanol–water partition coefficient (Wildman–Crippen LogP) is 2.94. The van der Waals surface area contributed by atoms with Crippen LogP contribution in [0.1, 0.15) is 10.4 Å². The molecule has 0 radical (unpaired) electrons. The maximum atomic E-state index is 12.3. The van der Waals surface area contributed by atoms with Gasteiger partial charge >= 0.3 is 0 Å². The molecule has 0 aliphatic carbocycles. The molecule has 104 valence electrons. The van der Waals surface area contributed by atoms with Gasteiger partial charge in [0, 0.05) is 22.3 Å². The van der Waals surface area contributed by atoms with Gasteiger partial charge in [-0.15, -0.1) is 0 Å². The molecule has 0 saturated carbocycles. The van der Waals surface area contributed by atoms with E-state index in [0.29, 0.717) is 15.7 Å². The lowest BCUT2D eigenvalue weighted by Crippen LogP contribution is -2.22. The highest BCUT2D eigenvalue weighted by molar-refractivity contribution is 9.10. The number of para-hydroxylation sites is 1. The molecule has 21 heavy (non-hydrogen) atoms. The van der Waals surface area contributed by atoms with E-state index in [1.807, 2.05) is 24.3 Å². The van der Waals surface area contributed by atoms with Crippen molar-refractivity contribution in [3.05, 3.63) is 69.2 Å². The molecule has 2 N–H and O–H groups in total. The molecule has 3 aromatic rings. The average Bonchev–Trinajstić information content (AvgIpc) is 2.50. The number of rotatable bonds is 2. The van der Waals surface area contributed by atoms with E-state index in [1.165, 1.54) is 12.3 Å². The van der Waals surface area contributed by atoms with Gasteiger partial charge in [-0.1, -0.05) is 18.2 Å². The molecule has 0 aliphatic rings. The van der Waals surface area contributed by atoms with E-state index >= 15 is 0 Å². The first-order chi connectivity index (χ1) is 10.1. The average molecular weight is 344 g/mol. The van der Waals surface area contributed by atoms with Crippen molar-refractivity contribution >= 4 is 38.4 Å². The van der Waals surface area contributed by atoms with E-state index in [2.05, 4.69) is 31.2 Å². The highest BCUT2D eigenvalue weighted by Gasteiger charge is 2.13. The summed E-state index contributed by atoms with van der Waals surface area (Å²) in [6.45, 7) is 0. The second-order valence-corrected chi connectivity index (χ2v) is 5.31. The number of hydrogen-bond donors (Lipinski definition) is 2. The van der Waals surface area contributed by atoms with Gasteiger partial charge in [0.25, 0.3) is 11.5 Å². The summed E-state index contributed by atoms with van der Waals surface area (Å²) in [7, 11) is 0. The number of halogens is 1. The molecule has 0 atom stereocenters. The SMILES string of the molecule is O=C(Nc1cccc2cccnc12)c1cc(Br)c[nH]c1=O. The fraction of sp³-hybridized carbons (Fsp3) is 0. The van der Waals surface area contributed by atoms with Crippen LogP contribution in [0.3, 0.4) is 0 Å². The van der Waals surface area contributed by atoms with Gasteiger partial charge < -0.3 is 10.3 Å². The lowest BCUT2D eigenvalue weighted by molar-refractivity contribution is 0.102. The molecule has 5 nitrogen and oxygen atoms in total. The van der Waals surface area contributed by atoms with Crippen molar-refractivity contribution in [1.82, 2.24) is 9.97 Å². The van der Waals surface area contributed by atoms with Crippen molar-refractivity contribution in [1.29, 1.82) is 0 Å². The molecule has 0 aliphatic heterocycles. The Bertz CT molecular complexity index is 884. The standard InChI is InChI=1S/C15H10BrN3O2/c16-10-7-11(14(20)18-8-10)15(21)19-12-5-1-3-9-4-2-6-17-13(9)12/h1-8H,(H,18,20)(H,19,21). The second kappa shape index (κ2) is 5.49. The van der Waals surface area contributed by atoms with Gasteiger partial charge in [0.15, 0.2) is 0 Å². The molecule has 6 heteroatoms. The smallest absolute Gasteiger partial charge is 0.261 e. The molecule has 2 heterocycles. The van der Waals surface area contributed by atoms with Gasteiger partial charge in [-0.2, -0.15) is 0 Å². The van der Waals surface area contributed by atoms with Crippen molar-refractivity contribution < 1.29 is 4.79 Å². The Morgan fingerprint density at radius 1 is 1.24 bits per heavy atom. The zero-order chi connectivity index (χ0) is 14.8. The van der Waals surface area contributed by atoms with E-state index in [0.717, 1.165) is 5.39 Å². The van der Waals surface area contributed by atoms with Crippen LogP contribution in [0.15, 0.2) is 58.1 Å². The Morgan fingerprint density at radius 2 is 2.05 bits per heavy atom. The van der Waals surface area contributed by atoms with Crippen LogP contribution < -0.4 is 10.9 Å². The number of aromatic nitrogens is 2. The summed E-state index contributed by atoms with van der Waals surface area (Å²) >= 11 is 3.23. The number of carbonyl (C=O) groups excluding carboxylic acids is 1. The first-order valence-corrected chi connectivity index (χ1v) is 6.98. The molecule has 0 saturated heterocycles. The number of amides is 1. The summed E-state index contributed by atoms with van der Waals surface area (Å²) in [6.07, 6.45) is 3.14. The van der Waals surface area contributed by atoms with Gasteiger partial charge in [-0.3, -0.25) is 14.6 Å². The van der Waals surface area contributed by atoms with Crippen molar-refractivity contribution in [3.8, 4) is 0 Å². The van der Waals surface area contributed by atoms with Crippen molar-refractivity contribution in [2.75, 3.05) is 5.32 Å². The van der Waals surface area contributed by atoms with Gasteiger partial charge in [0.2, 0.25) is 0 Å². The number of nitrogens with one attached hydrogen (secondary N) is 2.